The maximum Gasteiger partial charge on any atom is 0.316 e. The number of ether oxygens (including phenoxy) is 2. The number of fused-ring (bicyclic) bond motifs is 1. The van der Waals surface area contributed by atoms with Crippen molar-refractivity contribution >= 4 is 40.8 Å². The number of methoxy groups -OCH3 is 1. The Kier molecular flexibility index (Phi) is 6.43. The predicted molar refractivity (Wildman–Crippen MR) is 135 cm³/mol. The maximum atomic E-state index is 12.9. The highest BCUT2D eigenvalue weighted by atomic mass is 16.6. The number of nitro groups is 1. The lowest BCUT2D eigenvalue weighted by molar-refractivity contribution is -0.384. The highest BCUT2D eigenvalue weighted by Gasteiger charge is 2.48. The third kappa shape index (κ3) is 4.40. The van der Waals surface area contributed by atoms with Gasteiger partial charge in [-0.1, -0.05) is 11.6 Å². The van der Waals surface area contributed by atoms with E-state index >= 15 is 0 Å². The first-order valence-electron chi connectivity index (χ1n) is 12.2. The van der Waals surface area contributed by atoms with E-state index in [-0.39, 0.29) is 59.7 Å². The molecule has 0 spiro atoms. The first-order valence-corrected chi connectivity index (χ1v) is 12.2. The number of non-ortho nitro benzene ring substituents is 1. The van der Waals surface area contributed by atoms with Crippen LogP contribution in [0.3, 0.4) is 0 Å². The molecule has 3 aliphatic rings. The monoisotopic (exact) mass is 519 g/mol. The van der Waals surface area contributed by atoms with E-state index in [4.69, 9.17) is 9.47 Å². The highest BCUT2D eigenvalue weighted by Crippen LogP contribution is 2.40. The van der Waals surface area contributed by atoms with Crippen molar-refractivity contribution in [3.63, 3.8) is 0 Å². The van der Waals surface area contributed by atoms with Crippen LogP contribution in [-0.4, -0.2) is 42.3 Å². The Hall–Kier alpha value is -4.54. The molecule has 0 bridgehead atoms. The molecule has 2 fully saturated rings. The first kappa shape index (κ1) is 25.1. The molecule has 0 unspecified atom stereocenters. The summed E-state index contributed by atoms with van der Waals surface area (Å²) in [6, 6.07) is 10.0. The smallest absolute Gasteiger partial charge is 0.316 e. The van der Waals surface area contributed by atoms with Crippen LogP contribution in [0.5, 0.6) is 11.5 Å². The summed E-state index contributed by atoms with van der Waals surface area (Å²) in [5.74, 6) is -2.49. The largest absolute Gasteiger partial charge is 0.494 e. The molecular weight excluding hydrogens is 494 g/mol. The van der Waals surface area contributed by atoms with Crippen molar-refractivity contribution < 1.29 is 33.6 Å². The molecule has 196 valence electrons. The summed E-state index contributed by atoms with van der Waals surface area (Å²) >= 11 is 0. The molecule has 3 atom stereocenters. The Balaban J connectivity index is 1.25. The van der Waals surface area contributed by atoms with E-state index in [1.165, 1.54) is 47.2 Å². The summed E-state index contributed by atoms with van der Waals surface area (Å²) < 4.78 is 10.7. The topological polar surface area (TPSA) is 136 Å². The molecule has 5 rings (SSSR count). The quantitative estimate of drug-likeness (QED) is 0.141. The summed E-state index contributed by atoms with van der Waals surface area (Å²) in [6.07, 6.45) is 3.04. The van der Waals surface area contributed by atoms with Crippen LogP contribution >= 0.6 is 0 Å². The van der Waals surface area contributed by atoms with Gasteiger partial charge >= 0.3 is 5.97 Å². The molecule has 0 saturated carbocycles. The predicted octanol–water partition coefficient (Wildman–Crippen LogP) is 3.41. The van der Waals surface area contributed by atoms with Crippen LogP contribution in [0.2, 0.25) is 0 Å². The Morgan fingerprint density at radius 1 is 1.03 bits per heavy atom. The Morgan fingerprint density at radius 3 is 2.42 bits per heavy atom. The molecule has 0 aromatic heterocycles. The Labute approximate surface area is 217 Å². The van der Waals surface area contributed by atoms with E-state index in [0.717, 1.165) is 5.57 Å². The van der Waals surface area contributed by atoms with Gasteiger partial charge in [0.25, 0.3) is 5.69 Å². The number of nitrogens with zero attached hydrogens (tertiary/aromatic N) is 3. The molecule has 2 aromatic rings. The molecule has 2 aliphatic heterocycles. The Morgan fingerprint density at radius 2 is 1.74 bits per heavy atom. The van der Waals surface area contributed by atoms with Crippen molar-refractivity contribution in [1.29, 1.82) is 0 Å². The fraction of sp³-hybridized carbons (Fsp3) is 0.333. The number of hydrogen-bond donors (Lipinski definition) is 0. The second-order valence-electron chi connectivity index (χ2n) is 9.65. The first-order chi connectivity index (χ1) is 18.2. The van der Waals surface area contributed by atoms with Crippen LogP contribution in [0.25, 0.3) is 0 Å². The number of nitro benzene ring substituents is 1. The summed E-state index contributed by atoms with van der Waals surface area (Å²) in [4.78, 5) is 64.3. The average molecular weight is 520 g/mol. The molecule has 1 aliphatic carbocycles. The molecule has 2 aromatic carbocycles. The number of benzene rings is 2. The Bertz CT molecular complexity index is 1380. The lowest BCUT2D eigenvalue weighted by Gasteiger charge is -2.19. The fourth-order valence-electron chi connectivity index (χ4n) is 5.26. The SMILES string of the molecule is COc1cc([N+](=O)[O-])ccc1N1C[C@H](C(=O)Oc2ccc(N3C(=O)[C@@H]4CC=C(C)C[C@H]4C3=O)cc2)CC1=O. The minimum Gasteiger partial charge on any atom is -0.494 e. The zero-order valence-corrected chi connectivity index (χ0v) is 20.8. The van der Waals surface area contributed by atoms with Crippen molar-refractivity contribution in [2.75, 3.05) is 23.5 Å². The number of esters is 1. The summed E-state index contributed by atoms with van der Waals surface area (Å²) in [5, 5.41) is 11.0. The van der Waals surface area contributed by atoms with Crippen LogP contribution in [0.15, 0.2) is 54.1 Å². The second kappa shape index (κ2) is 9.73. The van der Waals surface area contributed by atoms with Gasteiger partial charge in [-0.05, 0) is 50.1 Å². The minimum absolute atomic E-state index is 0.0247. The molecule has 11 nitrogen and oxygen atoms in total. The fourth-order valence-corrected chi connectivity index (χ4v) is 5.26. The number of rotatable bonds is 6. The van der Waals surface area contributed by atoms with E-state index in [9.17, 15) is 29.3 Å². The van der Waals surface area contributed by atoms with Gasteiger partial charge in [-0.25, -0.2) is 0 Å². The zero-order chi connectivity index (χ0) is 27.1. The number of imide groups is 1. The third-order valence-corrected chi connectivity index (χ3v) is 7.26. The zero-order valence-electron chi connectivity index (χ0n) is 20.8. The number of allylic oxidation sites excluding steroid dienone is 2. The molecule has 3 amide bonds. The van der Waals surface area contributed by atoms with Crippen molar-refractivity contribution in [3.8, 4) is 11.5 Å². The molecule has 0 N–H and O–H groups in total. The maximum absolute atomic E-state index is 12.9. The summed E-state index contributed by atoms with van der Waals surface area (Å²) in [5.41, 5.74) is 1.67. The molecule has 38 heavy (non-hydrogen) atoms. The van der Waals surface area contributed by atoms with E-state index in [1.54, 1.807) is 12.1 Å². The summed E-state index contributed by atoms with van der Waals surface area (Å²) in [6.45, 7) is 1.98. The van der Waals surface area contributed by atoms with E-state index in [1.807, 2.05) is 13.0 Å². The number of hydrogen-bond acceptors (Lipinski definition) is 8. The third-order valence-electron chi connectivity index (χ3n) is 7.26. The van der Waals surface area contributed by atoms with Crippen molar-refractivity contribution in [2.24, 2.45) is 17.8 Å². The van der Waals surface area contributed by atoms with Gasteiger partial charge in [0.05, 0.1) is 47.2 Å². The lowest BCUT2D eigenvalue weighted by Crippen LogP contribution is -2.30. The molecular formula is C27H25N3O8. The number of amides is 3. The van der Waals surface area contributed by atoms with Crippen molar-refractivity contribution in [2.45, 2.75) is 26.2 Å². The lowest BCUT2D eigenvalue weighted by atomic mass is 9.82. The standard InChI is InChI=1S/C27H25N3O8/c1-15-3-9-20-21(11-15)26(33)29(25(20)32)17-4-7-19(8-5-17)38-27(34)16-12-24(31)28(14-16)22-10-6-18(30(35)36)13-23(22)37-2/h3-8,10,13,16,20-21H,9,11-12,14H2,1-2H3/t16-,20-,21-/m1/s1. The second-order valence-corrected chi connectivity index (χ2v) is 9.65. The van der Waals surface area contributed by atoms with Gasteiger partial charge in [-0.3, -0.25) is 34.2 Å². The number of carbonyl (C=O) groups is 4. The average Bonchev–Trinajstić information content (AvgIpc) is 3.40. The number of anilines is 2. The molecule has 0 radical (unpaired) electrons. The van der Waals surface area contributed by atoms with Gasteiger partial charge in [-0.2, -0.15) is 0 Å². The molecule has 11 heteroatoms. The highest BCUT2D eigenvalue weighted by molar-refractivity contribution is 6.22. The van der Waals surface area contributed by atoms with Gasteiger partial charge in [0.2, 0.25) is 17.7 Å². The van der Waals surface area contributed by atoms with Crippen LogP contribution in [-0.2, 0) is 19.2 Å². The van der Waals surface area contributed by atoms with Crippen molar-refractivity contribution in [3.05, 3.63) is 64.2 Å². The van der Waals surface area contributed by atoms with Gasteiger partial charge < -0.3 is 14.4 Å². The number of carbonyl (C=O) groups excluding carboxylic acids is 4. The van der Waals surface area contributed by atoms with Crippen LogP contribution in [0.4, 0.5) is 17.1 Å². The van der Waals surface area contributed by atoms with Crippen molar-refractivity contribution in [1.82, 2.24) is 0 Å². The minimum atomic E-state index is -0.761. The van der Waals surface area contributed by atoms with Gasteiger partial charge in [0.15, 0.2) is 0 Å². The van der Waals surface area contributed by atoms with E-state index in [0.29, 0.717) is 24.2 Å². The van der Waals surface area contributed by atoms with Crippen LogP contribution in [0.1, 0.15) is 26.2 Å². The van der Waals surface area contributed by atoms with Gasteiger partial charge in [-0.15, -0.1) is 0 Å². The van der Waals surface area contributed by atoms with E-state index < -0.39 is 16.8 Å². The summed E-state index contributed by atoms with van der Waals surface area (Å²) in [7, 11) is 1.34. The van der Waals surface area contributed by atoms with Crippen LogP contribution in [0, 0.1) is 27.9 Å². The normalized spacial score (nSPS) is 22.8. The molecule has 2 heterocycles. The molecule has 2 saturated heterocycles. The van der Waals surface area contributed by atoms with Crippen LogP contribution < -0.4 is 19.3 Å². The van der Waals surface area contributed by atoms with Gasteiger partial charge in [0, 0.05) is 19.0 Å². The van der Waals surface area contributed by atoms with Gasteiger partial charge in [0.1, 0.15) is 11.5 Å². The van der Waals surface area contributed by atoms with E-state index in [2.05, 4.69) is 0 Å².